The fraction of sp³-hybridized carbons (Fsp3) is 0.167. The molecule has 16 heavy (non-hydrogen) atoms. The van der Waals surface area contributed by atoms with Gasteiger partial charge in [-0.2, -0.15) is 0 Å². The zero-order chi connectivity index (χ0) is 11.5. The van der Waals surface area contributed by atoms with Crippen LogP contribution in [-0.4, -0.2) is 10.9 Å². The molecule has 0 saturated heterocycles. The fourth-order valence-electron chi connectivity index (χ4n) is 1.52. The lowest BCUT2D eigenvalue weighted by atomic mass is 10.1. The van der Waals surface area contributed by atoms with Crippen molar-refractivity contribution in [3.8, 4) is 0 Å². The van der Waals surface area contributed by atoms with E-state index in [1.165, 1.54) is 12.1 Å². The quantitative estimate of drug-likeness (QED) is 0.853. The summed E-state index contributed by atoms with van der Waals surface area (Å²) >= 11 is 0. The van der Waals surface area contributed by atoms with E-state index in [4.69, 9.17) is 5.73 Å². The van der Waals surface area contributed by atoms with Gasteiger partial charge >= 0.3 is 0 Å². The third-order valence-electron chi connectivity index (χ3n) is 2.34. The molecular formula is C12H11FN2O. The maximum absolute atomic E-state index is 13.0. The number of aromatic nitrogens is 1. The van der Waals surface area contributed by atoms with Crippen LogP contribution in [0.1, 0.15) is 12.1 Å². The van der Waals surface area contributed by atoms with Crippen LogP contribution < -0.4 is 5.73 Å². The Hall–Kier alpha value is -1.97. The second-order valence-electron chi connectivity index (χ2n) is 3.61. The van der Waals surface area contributed by atoms with Crippen molar-refractivity contribution in [2.45, 2.75) is 12.8 Å². The highest BCUT2D eigenvalue weighted by molar-refractivity contribution is 5.78. The van der Waals surface area contributed by atoms with Gasteiger partial charge in [0, 0.05) is 23.6 Å². The summed E-state index contributed by atoms with van der Waals surface area (Å²) in [5.41, 5.74) is 6.40. The molecule has 0 bridgehead atoms. The largest absolute Gasteiger partial charge is 0.370 e. The second kappa shape index (κ2) is 4.26. The summed E-state index contributed by atoms with van der Waals surface area (Å²) in [7, 11) is 0. The van der Waals surface area contributed by atoms with Crippen molar-refractivity contribution < 1.29 is 9.18 Å². The molecule has 2 aromatic rings. The molecule has 0 aliphatic heterocycles. The molecule has 0 unspecified atom stereocenters. The second-order valence-corrected chi connectivity index (χ2v) is 3.61. The summed E-state index contributed by atoms with van der Waals surface area (Å²) in [4.78, 5) is 14.9. The van der Waals surface area contributed by atoms with E-state index in [1.807, 2.05) is 12.1 Å². The summed E-state index contributed by atoms with van der Waals surface area (Å²) < 4.78 is 13.0. The molecule has 1 aromatic carbocycles. The monoisotopic (exact) mass is 218 g/mol. The summed E-state index contributed by atoms with van der Waals surface area (Å²) in [5, 5.41) is 0.879. The highest BCUT2D eigenvalue weighted by atomic mass is 19.1. The smallest absolute Gasteiger partial charge is 0.217 e. The molecule has 0 atom stereocenters. The standard InChI is InChI=1S/C12H11FN2O/c13-9-3-1-8-2-4-10(5-6-12(14)16)15-11(8)7-9/h1-4,7H,5-6H2,(H2,14,16). The molecule has 82 valence electrons. The molecule has 4 heteroatoms. The predicted octanol–water partition coefficient (Wildman–Crippen LogP) is 1.79. The van der Waals surface area contributed by atoms with Crippen LogP contribution in [0.2, 0.25) is 0 Å². The number of carbonyl (C=O) groups is 1. The van der Waals surface area contributed by atoms with Gasteiger partial charge < -0.3 is 5.73 Å². The number of hydrogen-bond acceptors (Lipinski definition) is 2. The van der Waals surface area contributed by atoms with Gasteiger partial charge in [0.15, 0.2) is 0 Å². The predicted molar refractivity (Wildman–Crippen MR) is 59.2 cm³/mol. The highest BCUT2D eigenvalue weighted by Crippen LogP contribution is 2.14. The highest BCUT2D eigenvalue weighted by Gasteiger charge is 2.01. The third-order valence-corrected chi connectivity index (χ3v) is 2.34. The Morgan fingerprint density at radius 3 is 2.81 bits per heavy atom. The molecule has 0 fully saturated rings. The fourth-order valence-corrected chi connectivity index (χ4v) is 1.52. The first-order chi connectivity index (χ1) is 7.65. The molecule has 3 nitrogen and oxygen atoms in total. The first-order valence-electron chi connectivity index (χ1n) is 4.98. The van der Waals surface area contributed by atoms with Crippen LogP contribution in [0.15, 0.2) is 30.3 Å². The zero-order valence-corrected chi connectivity index (χ0v) is 8.61. The summed E-state index contributed by atoms with van der Waals surface area (Å²) in [6.07, 6.45) is 0.746. The van der Waals surface area contributed by atoms with Crippen LogP contribution in [0.5, 0.6) is 0 Å². The molecule has 0 spiro atoms. The van der Waals surface area contributed by atoms with Gasteiger partial charge in [0.25, 0.3) is 0 Å². The number of amides is 1. The molecule has 1 amide bonds. The van der Waals surface area contributed by atoms with E-state index in [1.54, 1.807) is 6.07 Å². The van der Waals surface area contributed by atoms with Gasteiger partial charge in [-0.1, -0.05) is 6.07 Å². The van der Waals surface area contributed by atoms with Gasteiger partial charge in [0.1, 0.15) is 5.82 Å². The van der Waals surface area contributed by atoms with Gasteiger partial charge in [0.2, 0.25) is 5.91 Å². The minimum atomic E-state index is -0.360. The van der Waals surface area contributed by atoms with E-state index >= 15 is 0 Å². The number of hydrogen-bond donors (Lipinski definition) is 1. The molecule has 0 aliphatic rings. The van der Waals surface area contributed by atoms with Crippen LogP contribution in [0.4, 0.5) is 4.39 Å². The number of rotatable bonds is 3. The van der Waals surface area contributed by atoms with Gasteiger partial charge in [-0.05, 0) is 24.6 Å². The van der Waals surface area contributed by atoms with Crippen molar-refractivity contribution >= 4 is 16.8 Å². The van der Waals surface area contributed by atoms with E-state index in [9.17, 15) is 9.18 Å². The van der Waals surface area contributed by atoms with Crippen molar-refractivity contribution in [3.05, 3.63) is 41.8 Å². The van der Waals surface area contributed by atoms with Crippen molar-refractivity contribution in [2.24, 2.45) is 5.73 Å². The average Bonchev–Trinajstić information content (AvgIpc) is 2.25. The minimum absolute atomic E-state index is 0.258. The first kappa shape index (κ1) is 10.5. The Bertz CT molecular complexity index is 540. The van der Waals surface area contributed by atoms with Crippen LogP contribution in [0, 0.1) is 5.82 Å². The average molecular weight is 218 g/mol. The Kier molecular flexibility index (Phi) is 2.81. The van der Waals surface area contributed by atoms with Crippen molar-refractivity contribution in [1.82, 2.24) is 4.98 Å². The lowest BCUT2D eigenvalue weighted by Crippen LogP contribution is -2.11. The SMILES string of the molecule is NC(=O)CCc1ccc2ccc(F)cc2n1. The Labute approximate surface area is 92.1 Å². The zero-order valence-electron chi connectivity index (χ0n) is 8.61. The van der Waals surface area contributed by atoms with Gasteiger partial charge in [0.05, 0.1) is 5.52 Å². The van der Waals surface area contributed by atoms with Gasteiger partial charge in [-0.15, -0.1) is 0 Å². The Morgan fingerprint density at radius 2 is 2.06 bits per heavy atom. The lowest BCUT2D eigenvalue weighted by Gasteiger charge is -2.01. The number of fused-ring (bicyclic) bond motifs is 1. The van der Waals surface area contributed by atoms with E-state index in [2.05, 4.69) is 4.98 Å². The van der Waals surface area contributed by atoms with E-state index in [0.29, 0.717) is 11.9 Å². The third kappa shape index (κ3) is 2.34. The Balaban J connectivity index is 2.31. The summed E-state index contributed by atoms with van der Waals surface area (Å²) in [6, 6.07) is 8.13. The topological polar surface area (TPSA) is 56.0 Å². The van der Waals surface area contributed by atoms with Crippen LogP contribution in [-0.2, 0) is 11.2 Å². The maximum atomic E-state index is 13.0. The normalized spacial score (nSPS) is 10.6. The number of benzene rings is 1. The van der Waals surface area contributed by atoms with Crippen molar-refractivity contribution in [1.29, 1.82) is 0 Å². The van der Waals surface area contributed by atoms with E-state index < -0.39 is 0 Å². The molecule has 0 aliphatic carbocycles. The lowest BCUT2D eigenvalue weighted by molar-refractivity contribution is -0.118. The number of aryl methyl sites for hydroxylation is 1. The number of nitrogens with two attached hydrogens (primary N) is 1. The summed E-state index contributed by atoms with van der Waals surface area (Å²) in [6.45, 7) is 0. The van der Waals surface area contributed by atoms with E-state index in [0.717, 1.165) is 11.1 Å². The van der Waals surface area contributed by atoms with Gasteiger partial charge in [-0.3, -0.25) is 9.78 Å². The molecule has 2 N–H and O–H groups in total. The van der Waals surface area contributed by atoms with Crippen LogP contribution in [0.3, 0.4) is 0 Å². The molecule has 0 saturated carbocycles. The minimum Gasteiger partial charge on any atom is -0.370 e. The van der Waals surface area contributed by atoms with Crippen molar-refractivity contribution in [3.63, 3.8) is 0 Å². The van der Waals surface area contributed by atoms with Crippen LogP contribution >= 0.6 is 0 Å². The number of nitrogens with zero attached hydrogens (tertiary/aromatic N) is 1. The maximum Gasteiger partial charge on any atom is 0.217 e. The molecule has 1 heterocycles. The van der Waals surface area contributed by atoms with Crippen molar-refractivity contribution in [2.75, 3.05) is 0 Å². The number of halogens is 1. The number of primary amides is 1. The summed E-state index contributed by atoms with van der Waals surface area (Å²) in [5.74, 6) is -0.673. The molecular weight excluding hydrogens is 207 g/mol. The van der Waals surface area contributed by atoms with E-state index in [-0.39, 0.29) is 18.1 Å². The molecule has 0 radical (unpaired) electrons. The Morgan fingerprint density at radius 1 is 1.31 bits per heavy atom. The molecule has 1 aromatic heterocycles. The first-order valence-corrected chi connectivity index (χ1v) is 4.98. The van der Waals surface area contributed by atoms with Gasteiger partial charge in [-0.25, -0.2) is 4.39 Å². The number of pyridine rings is 1. The molecule has 2 rings (SSSR count). The van der Waals surface area contributed by atoms with Crippen LogP contribution in [0.25, 0.3) is 10.9 Å². The number of carbonyl (C=O) groups excluding carboxylic acids is 1.